The molecule has 0 saturated heterocycles. The number of hydrogen-bond donors (Lipinski definition) is 2. The summed E-state index contributed by atoms with van der Waals surface area (Å²) in [7, 11) is 1.50. The first kappa shape index (κ1) is 20.7. The molecule has 0 radical (unpaired) electrons. The maximum Gasteiger partial charge on any atom is 0.308 e. The van der Waals surface area contributed by atoms with E-state index in [2.05, 4.69) is 10.3 Å². The number of carboxylic acid groups (broad SMARTS) is 1. The number of nitrogens with zero attached hydrogens (tertiary/aromatic N) is 1. The van der Waals surface area contributed by atoms with Crippen LogP contribution in [0.4, 0.5) is 0 Å². The zero-order valence-electron chi connectivity index (χ0n) is 15.6. The van der Waals surface area contributed by atoms with Crippen LogP contribution in [0.1, 0.15) is 36.3 Å². The van der Waals surface area contributed by atoms with E-state index in [-0.39, 0.29) is 18.4 Å². The summed E-state index contributed by atoms with van der Waals surface area (Å²) >= 11 is 1.49. The molecule has 1 unspecified atom stereocenters. The second-order valence-corrected chi connectivity index (χ2v) is 7.23. The van der Waals surface area contributed by atoms with Crippen LogP contribution in [-0.4, -0.2) is 35.6 Å². The molecule has 1 aromatic carbocycles. The highest BCUT2D eigenvalue weighted by Crippen LogP contribution is 2.29. The summed E-state index contributed by atoms with van der Waals surface area (Å²) in [5.41, 5.74) is 2.92. The molecule has 8 heteroatoms. The number of hydrogen-bond acceptors (Lipinski definition) is 6. The lowest BCUT2D eigenvalue weighted by molar-refractivity contribution is -0.142. The summed E-state index contributed by atoms with van der Waals surface area (Å²) < 4.78 is 11.0. The minimum Gasteiger partial charge on any atom is -0.493 e. The Labute approximate surface area is 162 Å². The Balaban J connectivity index is 2.00. The number of aromatic nitrogens is 1. The second-order valence-electron chi connectivity index (χ2n) is 6.51. The zero-order chi connectivity index (χ0) is 19.8. The van der Waals surface area contributed by atoms with E-state index in [1.54, 1.807) is 23.7 Å². The van der Waals surface area contributed by atoms with Crippen LogP contribution in [0.15, 0.2) is 29.1 Å². The van der Waals surface area contributed by atoms with Gasteiger partial charge in [-0.05, 0) is 30.5 Å². The quantitative estimate of drug-likeness (QED) is 0.644. The van der Waals surface area contributed by atoms with Crippen LogP contribution in [0.5, 0.6) is 11.5 Å². The Morgan fingerprint density at radius 2 is 2.07 bits per heavy atom. The van der Waals surface area contributed by atoms with Gasteiger partial charge in [0.1, 0.15) is 6.61 Å². The number of aliphatic carboxylic acids is 1. The number of nitrogens with one attached hydrogen (secondary N) is 1. The molecule has 2 aromatic rings. The van der Waals surface area contributed by atoms with Crippen molar-refractivity contribution in [2.75, 3.05) is 13.7 Å². The molecule has 7 nitrogen and oxygen atoms in total. The number of ether oxygens (including phenoxy) is 2. The van der Waals surface area contributed by atoms with Crippen LogP contribution in [0.3, 0.4) is 0 Å². The van der Waals surface area contributed by atoms with Crippen molar-refractivity contribution in [1.82, 2.24) is 10.3 Å². The van der Waals surface area contributed by atoms with Gasteiger partial charge in [0.2, 0.25) is 0 Å². The monoisotopic (exact) mass is 392 g/mol. The van der Waals surface area contributed by atoms with E-state index >= 15 is 0 Å². The molecule has 2 rings (SSSR count). The number of rotatable bonds is 10. The van der Waals surface area contributed by atoms with E-state index in [0.717, 1.165) is 5.69 Å². The van der Waals surface area contributed by atoms with Crippen LogP contribution in [0.2, 0.25) is 0 Å². The lowest BCUT2D eigenvalue weighted by Gasteiger charge is -2.16. The van der Waals surface area contributed by atoms with E-state index in [9.17, 15) is 14.7 Å². The Bertz CT molecular complexity index is 761. The van der Waals surface area contributed by atoms with Crippen LogP contribution >= 0.6 is 11.3 Å². The van der Waals surface area contributed by atoms with E-state index in [1.807, 2.05) is 19.2 Å². The molecule has 1 amide bonds. The molecule has 1 aromatic heterocycles. The Morgan fingerprint density at radius 3 is 2.67 bits per heavy atom. The summed E-state index contributed by atoms with van der Waals surface area (Å²) in [6.07, 6.45) is 0.502. The predicted octanol–water partition coefficient (Wildman–Crippen LogP) is 3.21. The largest absolute Gasteiger partial charge is 0.493 e. The van der Waals surface area contributed by atoms with Gasteiger partial charge in [-0.15, -0.1) is 11.3 Å². The molecule has 0 spiro atoms. The number of carboxylic acids is 1. The molecule has 0 saturated carbocycles. The molecule has 27 heavy (non-hydrogen) atoms. The fourth-order valence-electron chi connectivity index (χ4n) is 2.55. The van der Waals surface area contributed by atoms with Gasteiger partial charge in [-0.25, -0.2) is 4.98 Å². The number of thiazole rings is 1. The molecule has 0 aliphatic heterocycles. The lowest BCUT2D eigenvalue weighted by atomic mass is 9.97. The van der Waals surface area contributed by atoms with E-state index in [4.69, 9.17) is 9.47 Å². The predicted molar refractivity (Wildman–Crippen MR) is 102 cm³/mol. The Morgan fingerprint density at radius 1 is 1.30 bits per heavy atom. The normalized spacial score (nSPS) is 11.9. The lowest BCUT2D eigenvalue weighted by Crippen LogP contribution is -2.33. The SMILES string of the molecule is COc1cc(C(=O)NCC(CC(C)C)C(=O)O)ccc1OCc1cscn1. The number of carbonyl (C=O) groups is 2. The van der Waals surface area contributed by atoms with Gasteiger partial charge in [0.05, 0.1) is 24.2 Å². The van der Waals surface area contributed by atoms with Crippen molar-refractivity contribution in [3.63, 3.8) is 0 Å². The first-order valence-corrected chi connectivity index (χ1v) is 9.53. The minimum atomic E-state index is -0.910. The van der Waals surface area contributed by atoms with Gasteiger partial charge in [-0.3, -0.25) is 9.59 Å². The maximum atomic E-state index is 12.4. The van der Waals surface area contributed by atoms with Crippen molar-refractivity contribution in [3.8, 4) is 11.5 Å². The van der Waals surface area contributed by atoms with Crippen molar-refractivity contribution >= 4 is 23.2 Å². The molecule has 0 bridgehead atoms. The summed E-state index contributed by atoms with van der Waals surface area (Å²) in [5.74, 6) is -0.712. The topological polar surface area (TPSA) is 97.8 Å². The molecule has 0 aliphatic rings. The van der Waals surface area contributed by atoms with E-state index in [1.165, 1.54) is 18.4 Å². The van der Waals surface area contributed by atoms with Gasteiger partial charge < -0.3 is 19.9 Å². The van der Waals surface area contributed by atoms with Crippen molar-refractivity contribution in [3.05, 3.63) is 40.3 Å². The molecular formula is C19H24N2O5S. The average molecular weight is 392 g/mol. The van der Waals surface area contributed by atoms with Crippen LogP contribution in [-0.2, 0) is 11.4 Å². The fraction of sp³-hybridized carbons (Fsp3) is 0.421. The van der Waals surface area contributed by atoms with Gasteiger partial charge in [-0.1, -0.05) is 13.8 Å². The third-order valence-electron chi connectivity index (χ3n) is 3.90. The Kier molecular flexibility index (Phi) is 7.60. The van der Waals surface area contributed by atoms with Crippen molar-refractivity contribution in [2.24, 2.45) is 11.8 Å². The van der Waals surface area contributed by atoms with Crippen LogP contribution in [0, 0.1) is 11.8 Å². The van der Waals surface area contributed by atoms with E-state index in [0.29, 0.717) is 30.1 Å². The molecule has 1 atom stereocenters. The highest BCUT2D eigenvalue weighted by molar-refractivity contribution is 7.07. The zero-order valence-corrected chi connectivity index (χ0v) is 16.4. The van der Waals surface area contributed by atoms with E-state index < -0.39 is 11.9 Å². The smallest absolute Gasteiger partial charge is 0.308 e. The third-order valence-corrected chi connectivity index (χ3v) is 4.53. The molecule has 0 fully saturated rings. The average Bonchev–Trinajstić information content (AvgIpc) is 3.16. The summed E-state index contributed by atoms with van der Waals surface area (Å²) in [4.78, 5) is 27.8. The number of carbonyl (C=O) groups excluding carboxylic acids is 1. The number of amides is 1. The summed E-state index contributed by atoms with van der Waals surface area (Å²) in [6, 6.07) is 4.85. The van der Waals surface area contributed by atoms with Crippen molar-refractivity contribution < 1.29 is 24.2 Å². The molecule has 0 aliphatic carbocycles. The number of methoxy groups -OCH3 is 1. The first-order valence-electron chi connectivity index (χ1n) is 8.59. The standard InChI is InChI=1S/C19H24N2O5S/c1-12(2)6-14(19(23)24)8-20-18(22)13-4-5-16(17(7-13)25-3)26-9-15-10-27-11-21-15/h4-5,7,10-12,14H,6,8-9H2,1-3H3,(H,20,22)(H,23,24). The van der Waals surface area contributed by atoms with Crippen LogP contribution in [0.25, 0.3) is 0 Å². The molecule has 146 valence electrons. The minimum absolute atomic E-state index is 0.0801. The van der Waals surface area contributed by atoms with Gasteiger partial charge in [0.25, 0.3) is 5.91 Å². The van der Waals surface area contributed by atoms with Gasteiger partial charge in [-0.2, -0.15) is 0 Å². The van der Waals surface area contributed by atoms with Gasteiger partial charge >= 0.3 is 5.97 Å². The first-order chi connectivity index (χ1) is 12.9. The van der Waals surface area contributed by atoms with Crippen molar-refractivity contribution in [1.29, 1.82) is 0 Å². The molecular weight excluding hydrogens is 368 g/mol. The number of benzene rings is 1. The summed E-state index contributed by atoms with van der Waals surface area (Å²) in [5, 5.41) is 13.8. The van der Waals surface area contributed by atoms with Gasteiger partial charge in [0, 0.05) is 17.5 Å². The Hall–Kier alpha value is -2.61. The fourth-order valence-corrected chi connectivity index (χ4v) is 3.09. The highest BCUT2D eigenvalue weighted by atomic mass is 32.1. The van der Waals surface area contributed by atoms with Crippen molar-refractivity contribution in [2.45, 2.75) is 26.9 Å². The summed E-state index contributed by atoms with van der Waals surface area (Å²) in [6.45, 7) is 4.29. The van der Waals surface area contributed by atoms with Gasteiger partial charge in [0.15, 0.2) is 11.5 Å². The molecule has 2 N–H and O–H groups in total. The highest BCUT2D eigenvalue weighted by Gasteiger charge is 2.20. The maximum absolute atomic E-state index is 12.4. The van der Waals surface area contributed by atoms with Crippen LogP contribution < -0.4 is 14.8 Å². The second kappa shape index (κ2) is 9.91. The molecule has 1 heterocycles. The third kappa shape index (κ3) is 6.25.